The van der Waals surface area contributed by atoms with E-state index in [1.807, 2.05) is 13.0 Å². The van der Waals surface area contributed by atoms with E-state index in [0.29, 0.717) is 49.4 Å². The van der Waals surface area contributed by atoms with Crippen molar-refractivity contribution in [1.29, 1.82) is 0 Å². The number of aryl methyl sites for hydroxylation is 1. The van der Waals surface area contributed by atoms with Gasteiger partial charge in [-0.15, -0.1) is 0 Å². The summed E-state index contributed by atoms with van der Waals surface area (Å²) < 4.78 is 16.2. The molecule has 0 spiro atoms. The number of ether oxygens (including phenoxy) is 3. The minimum atomic E-state index is -0.158. The first kappa shape index (κ1) is 18.9. The maximum atomic E-state index is 12.1. The van der Waals surface area contributed by atoms with Gasteiger partial charge in [-0.05, 0) is 31.2 Å². The number of rotatable bonds is 7. The molecular weight excluding hydrogens is 348 g/mol. The lowest BCUT2D eigenvalue weighted by Gasteiger charge is -2.28. The molecule has 1 aromatic heterocycles. The molecule has 0 radical (unpaired) electrons. The number of benzene rings is 1. The van der Waals surface area contributed by atoms with Crippen molar-refractivity contribution in [2.45, 2.75) is 6.92 Å². The van der Waals surface area contributed by atoms with Crippen molar-refractivity contribution < 1.29 is 19.0 Å². The van der Waals surface area contributed by atoms with Gasteiger partial charge in [0.1, 0.15) is 24.0 Å². The summed E-state index contributed by atoms with van der Waals surface area (Å²) in [5, 5.41) is 2.82. The van der Waals surface area contributed by atoms with Gasteiger partial charge >= 0.3 is 0 Å². The molecule has 1 aliphatic heterocycles. The average molecular weight is 372 g/mol. The molecule has 144 valence electrons. The quantitative estimate of drug-likeness (QED) is 0.736. The highest BCUT2D eigenvalue weighted by Crippen LogP contribution is 2.18. The Balaban J connectivity index is 1.49. The number of aromatic nitrogens is 2. The van der Waals surface area contributed by atoms with Crippen LogP contribution in [0.2, 0.25) is 0 Å². The first-order chi connectivity index (χ1) is 13.2. The van der Waals surface area contributed by atoms with Crippen molar-refractivity contribution in [3.63, 3.8) is 0 Å². The minimum Gasteiger partial charge on any atom is -0.497 e. The molecule has 1 aromatic carbocycles. The lowest BCUT2D eigenvalue weighted by atomic mass is 10.2. The first-order valence-corrected chi connectivity index (χ1v) is 8.89. The second kappa shape index (κ2) is 9.18. The molecule has 27 heavy (non-hydrogen) atoms. The van der Waals surface area contributed by atoms with Crippen LogP contribution >= 0.6 is 0 Å². The predicted octanol–water partition coefficient (Wildman–Crippen LogP) is 1.44. The number of nitrogens with zero attached hydrogens (tertiary/aromatic N) is 3. The molecule has 8 nitrogen and oxygen atoms in total. The van der Waals surface area contributed by atoms with Gasteiger partial charge in [0.05, 0.1) is 26.9 Å². The van der Waals surface area contributed by atoms with E-state index in [1.54, 1.807) is 31.4 Å². The third-order valence-electron chi connectivity index (χ3n) is 4.13. The topological polar surface area (TPSA) is 85.8 Å². The van der Waals surface area contributed by atoms with E-state index in [2.05, 4.69) is 20.2 Å². The van der Waals surface area contributed by atoms with Crippen LogP contribution in [0.1, 0.15) is 16.2 Å². The highest BCUT2D eigenvalue weighted by Gasteiger charge is 2.14. The number of carbonyl (C=O) groups excluding carboxylic acids is 1. The highest BCUT2D eigenvalue weighted by molar-refractivity contribution is 5.94. The molecular formula is C19H24N4O4. The molecule has 0 atom stereocenters. The summed E-state index contributed by atoms with van der Waals surface area (Å²) in [6, 6.07) is 8.77. The third-order valence-corrected chi connectivity index (χ3v) is 4.13. The Hall–Kier alpha value is -2.87. The number of anilines is 1. The normalized spacial score (nSPS) is 13.9. The molecule has 8 heteroatoms. The molecule has 0 aliphatic carbocycles. The smallest absolute Gasteiger partial charge is 0.251 e. The number of carbonyl (C=O) groups is 1. The van der Waals surface area contributed by atoms with Gasteiger partial charge in [-0.25, -0.2) is 4.98 Å². The maximum Gasteiger partial charge on any atom is 0.251 e. The van der Waals surface area contributed by atoms with E-state index in [-0.39, 0.29) is 5.91 Å². The zero-order chi connectivity index (χ0) is 19.1. The van der Waals surface area contributed by atoms with Gasteiger partial charge in [0, 0.05) is 24.7 Å². The van der Waals surface area contributed by atoms with Crippen LogP contribution in [0.15, 0.2) is 30.3 Å². The van der Waals surface area contributed by atoms with Gasteiger partial charge in [-0.3, -0.25) is 4.79 Å². The van der Waals surface area contributed by atoms with Crippen LogP contribution in [-0.4, -0.2) is 62.4 Å². The van der Waals surface area contributed by atoms with E-state index in [4.69, 9.17) is 14.2 Å². The SMILES string of the molecule is COc1ccc(C(=O)NCCOc2cc(N3CCOCC3)nc(C)n2)cc1. The van der Waals surface area contributed by atoms with Gasteiger partial charge in [-0.1, -0.05) is 0 Å². The van der Waals surface area contributed by atoms with Crippen molar-refractivity contribution >= 4 is 11.7 Å². The predicted molar refractivity (Wildman–Crippen MR) is 101 cm³/mol. The van der Waals surface area contributed by atoms with Gasteiger partial charge in [0.2, 0.25) is 5.88 Å². The van der Waals surface area contributed by atoms with Crippen LogP contribution in [0.5, 0.6) is 11.6 Å². The van der Waals surface area contributed by atoms with E-state index in [1.165, 1.54) is 0 Å². The Morgan fingerprint density at radius 2 is 1.96 bits per heavy atom. The number of hydrogen-bond acceptors (Lipinski definition) is 7. The minimum absolute atomic E-state index is 0.158. The Kier molecular flexibility index (Phi) is 6.43. The molecule has 0 saturated carbocycles. The number of morpholine rings is 1. The Labute approximate surface area is 158 Å². The zero-order valence-corrected chi connectivity index (χ0v) is 15.6. The summed E-state index contributed by atoms with van der Waals surface area (Å²) in [5.74, 6) is 2.54. The standard InChI is InChI=1S/C19H24N4O4/c1-14-21-17(23-8-11-26-12-9-23)13-18(22-14)27-10-7-20-19(24)15-3-5-16(25-2)6-4-15/h3-6,13H,7-12H2,1-2H3,(H,20,24). The number of nitrogens with one attached hydrogen (secondary N) is 1. The van der Waals surface area contributed by atoms with Crippen LogP contribution in [-0.2, 0) is 4.74 Å². The monoisotopic (exact) mass is 372 g/mol. The molecule has 2 aromatic rings. The van der Waals surface area contributed by atoms with Crippen LogP contribution in [0.3, 0.4) is 0 Å². The van der Waals surface area contributed by atoms with Gasteiger partial charge < -0.3 is 24.4 Å². The molecule has 1 N–H and O–H groups in total. The van der Waals surface area contributed by atoms with E-state index in [0.717, 1.165) is 18.9 Å². The number of hydrogen-bond donors (Lipinski definition) is 1. The van der Waals surface area contributed by atoms with Crippen molar-refractivity contribution in [1.82, 2.24) is 15.3 Å². The van der Waals surface area contributed by atoms with Crippen molar-refractivity contribution in [3.05, 3.63) is 41.7 Å². The second-order valence-electron chi connectivity index (χ2n) is 6.04. The van der Waals surface area contributed by atoms with Crippen LogP contribution in [0, 0.1) is 6.92 Å². The summed E-state index contributed by atoms with van der Waals surface area (Å²) in [5.41, 5.74) is 0.572. The maximum absolute atomic E-state index is 12.1. The zero-order valence-electron chi connectivity index (χ0n) is 15.6. The molecule has 1 amide bonds. The number of methoxy groups -OCH3 is 1. The van der Waals surface area contributed by atoms with Gasteiger partial charge in [0.25, 0.3) is 5.91 Å². The summed E-state index contributed by atoms with van der Waals surface area (Å²) >= 11 is 0. The summed E-state index contributed by atoms with van der Waals surface area (Å²) in [6.07, 6.45) is 0. The molecule has 2 heterocycles. The van der Waals surface area contributed by atoms with Gasteiger partial charge in [0.15, 0.2) is 0 Å². The Morgan fingerprint density at radius 3 is 2.67 bits per heavy atom. The van der Waals surface area contributed by atoms with Crippen LogP contribution in [0.4, 0.5) is 5.82 Å². The van der Waals surface area contributed by atoms with Crippen molar-refractivity contribution in [2.24, 2.45) is 0 Å². The molecule has 1 aliphatic rings. The molecule has 1 fully saturated rings. The van der Waals surface area contributed by atoms with Crippen molar-refractivity contribution in [3.8, 4) is 11.6 Å². The lowest BCUT2D eigenvalue weighted by molar-refractivity contribution is 0.0946. The Morgan fingerprint density at radius 1 is 1.22 bits per heavy atom. The van der Waals surface area contributed by atoms with E-state index < -0.39 is 0 Å². The van der Waals surface area contributed by atoms with Crippen LogP contribution < -0.4 is 19.7 Å². The Bertz CT molecular complexity index is 761. The second-order valence-corrected chi connectivity index (χ2v) is 6.04. The fourth-order valence-electron chi connectivity index (χ4n) is 2.72. The first-order valence-electron chi connectivity index (χ1n) is 8.89. The fraction of sp³-hybridized carbons (Fsp3) is 0.421. The summed E-state index contributed by atoms with van der Waals surface area (Å²) in [4.78, 5) is 23.0. The molecule has 1 saturated heterocycles. The average Bonchev–Trinajstić information content (AvgIpc) is 2.71. The molecule has 0 bridgehead atoms. The van der Waals surface area contributed by atoms with E-state index >= 15 is 0 Å². The highest BCUT2D eigenvalue weighted by atomic mass is 16.5. The largest absolute Gasteiger partial charge is 0.497 e. The van der Waals surface area contributed by atoms with E-state index in [9.17, 15) is 4.79 Å². The fourth-order valence-corrected chi connectivity index (χ4v) is 2.72. The molecule has 0 unspecified atom stereocenters. The summed E-state index contributed by atoms with van der Waals surface area (Å²) in [6.45, 7) is 5.51. The van der Waals surface area contributed by atoms with Gasteiger partial charge in [-0.2, -0.15) is 4.98 Å². The number of amides is 1. The molecule has 3 rings (SSSR count). The van der Waals surface area contributed by atoms with Crippen molar-refractivity contribution in [2.75, 3.05) is 51.5 Å². The third kappa shape index (κ3) is 5.30. The van der Waals surface area contributed by atoms with Crippen LogP contribution in [0.25, 0.3) is 0 Å². The summed E-state index contributed by atoms with van der Waals surface area (Å²) in [7, 11) is 1.59. The lowest BCUT2D eigenvalue weighted by Crippen LogP contribution is -2.37.